The first-order valence-electron chi connectivity index (χ1n) is 7.59. The second-order valence-electron chi connectivity index (χ2n) is 4.76. The maximum Gasteiger partial charge on any atom is 0.251 e. The van der Waals surface area contributed by atoms with Crippen LogP contribution in [0.5, 0.6) is 5.75 Å². The summed E-state index contributed by atoms with van der Waals surface area (Å²) in [5.41, 5.74) is 0.655. The van der Waals surface area contributed by atoms with Gasteiger partial charge in [-0.15, -0.1) is 24.8 Å². The van der Waals surface area contributed by atoms with Gasteiger partial charge in [-0.25, -0.2) is 0 Å². The Morgan fingerprint density at radius 3 is 2.22 bits per heavy atom. The highest BCUT2D eigenvalue weighted by Crippen LogP contribution is 2.12. The van der Waals surface area contributed by atoms with Crippen molar-refractivity contribution in [2.75, 3.05) is 46.4 Å². The second-order valence-corrected chi connectivity index (χ2v) is 4.76. The molecule has 1 aromatic carbocycles. The minimum atomic E-state index is -0.0556. The smallest absolute Gasteiger partial charge is 0.251 e. The number of benzene rings is 1. The fourth-order valence-corrected chi connectivity index (χ4v) is 1.94. The molecule has 1 rings (SSSR count). The molecule has 1 amide bonds. The van der Waals surface area contributed by atoms with Crippen LogP contribution in [0.4, 0.5) is 0 Å². The average Bonchev–Trinajstić information content (AvgIpc) is 2.52. The van der Waals surface area contributed by atoms with Crippen molar-refractivity contribution < 1.29 is 9.53 Å². The molecule has 0 aliphatic rings. The van der Waals surface area contributed by atoms with Crippen LogP contribution in [-0.2, 0) is 0 Å². The lowest BCUT2D eigenvalue weighted by molar-refractivity contribution is 0.0954. The number of nitrogens with zero attached hydrogens (tertiary/aromatic N) is 1. The number of hydrogen-bond acceptors (Lipinski definition) is 4. The first kappa shape index (κ1) is 24.2. The highest BCUT2D eigenvalue weighted by atomic mass is 35.5. The molecule has 0 bridgehead atoms. The first-order valence-corrected chi connectivity index (χ1v) is 7.59. The Hall–Kier alpha value is -1.01. The van der Waals surface area contributed by atoms with Gasteiger partial charge < -0.3 is 20.3 Å². The Kier molecular flexibility index (Phi) is 15.4. The van der Waals surface area contributed by atoms with Crippen LogP contribution in [0.3, 0.4) is 0 Å². The van der Waals surface area contributed by atoms with Crippen molar-refractivity contribution in [1.29, 1.82) is 0 Å². The van der Waals surface area contributed by atoms with E-state index in [1.807, 2.05) is 19.2 Å². The van der Waals surface area contributed by atoms with E-state index in [0.717, 1.165) is 31.9 Å². The normalized spacial score (nSPS) is 9.74. The highest BCUT2D eigenvalue weighted by molar-refractivity contribution is 5.94. The van der Waals surface area contributed by atoms with E-state index in [9.17, 15) is 4.79 Å². The zero-order chi connectivity index (χ0) is 15.5. The molecule has 0 unspecified atom stereocenters. The molecule has 0 atom stereocenters. The monoisotopic (exact) mass is 365 g/mol. The summed E-state index contributed by atoms with van der Waals surface area (Å²) in [6, 6.07) is 7.27. The van der Waals surface area contributed by atoms with E-state index in [4.69, 9.17) is 4.74 Å². The lowest BCUT2D eigenvalue weighted by atomic mass is 10.2. The van der Waals surface area contributed by atoms with Gasteiger partial charge in [-0.1, -0.05) is 13.8 Å². The molecule has 0 heterocycles. The quantitative estimate of drug-likeness (QED) is 0.624. The summed E-state index contributed by atoms with van der Waals surface area (Å²) in [5, 5.41) is 5.83. The summed E-state index contributed by atoms with van der Waals surface area (Å²) >= 11 is 0. The molecular formula is C16H29Cl2N3O2. The lowest BCUT2D eigenvalue weighted by Gasteiger charge is -2.18. The highest BCUT2D eigenvalue weighted by Gasteiger charge is 2.05. The molecule has 0 radical (unpaired) electrons. The maximum atomic E-state index is 11.8. The van der Waals surface area contributed by atoms with Crippen molar-refractivity contribution in [3.63, 3.8) is 0 Å². The number of nitrogens with one attached hydrogen (secondary N) is 2. The Bertz CT molecular complexity index is 412. The molecule has 0 saturated carbocycles. The summed E-state index contributed by atoms with van der Waals surface area (Å²) in [4.78, 5) is 14.1. The maximum absolute atomic E-state index is 11.8. The number of ether oxygens (including phenoxy) is 1. The third-order valence-electron chi connectivity index (χ3n) is 3.35. The van der Waals surface area contributed by atoms with Crippen molar-refractivity contribution in [2.24, 2.45) is 0 Å². The van der Waals surface area contributed by atoms with E-state index in [0.29, 0.717) is 18.7 Å². The third kappa shape index (κ3) is 9.66. The van der Waals surface area contributed by atoms with Crippen molar-refractivity contribution in [3.05, 3.63) is 29.8 Å². The number of halogens is 2. The zero-order valence-corrected chi connectivity index (χ0v) is 15.8. The molecule has 134 valence electrons. The van der Waals surface area contributed by atoms with Gasteiger partial charge >= 0.3 is 0 Å². The van der Waals surface area contributed by atoms with Gasteiger partial charge in [0.2, 0.25) is 0 Å². The van der Waals surface area contributed by atoms with Gasteiger partial charge in [0.1, 0.15) is 12.4 Å². The molecular weight excluding hydrogens is 337 g/mol. The van der Waals surface area contributed by atoms with Gasteiger partial charge in [-0.2, -0.15) is 0 Å². The van der Waals surface area contributed by atoms with Crippen LogP contribution >= 0.6 is 24.8 Å². The van der Waals surface area contributed by atoms with Gasteiger partial charge in [0.05, 0.1) is 0 Å². The van der Waals surface area contributed by atoms with Crippen LogP contribution in [0.2, 0.25) is 0 Å². The van der Waals surface area contributed by atoms with Crippen LogP contribution in [0, 0.1) is 0 Å². The Morgan fingerprint density at radius 2 is 1.70 bits per heavy atom. The van der Waals surface area contributed by atoms with Gasteiger partial charge in [0.15, 0.2) is 0 Å². The van der Waals surface area contributed by atoms with Crippen molar-refractivity contribution in [2.45, 2.75) is 13.8 Å². The molecule has 23 heavy (non-hydrogen) atoms. The van der Waals surface area contributed by atoms with Crippen LogP contribution in [0.1, 0.15) is 24.2 Å². The fourth-order valence-electron chi connectivity index (χ4n) is 1.94. The molecule has 0 spiro atoms. The standard InChI is InChI=1S/C16H27N3O2.2ClH/c1-4-19(5-2)12-13-21-15-8-6-14(7-9-15)16(20)18-11-10-17-3;;/h6-9,17H,4-5,10-13H2,1-3H3,(H,18,20);2*1H. The van der Waals surface area contributed by atoms with Crippen LogP contribution in [0.25, 0.3) is 0 Å². The number of hydrogen-bond donors (Lipinski definition) is 2. The zero-order valence-electron chi connectivity index (χ0n) is 14.1. The van der Waals surface area contributed by atoms with E-state index in [-0.39, 0.29) is 30.7 Å². The molecule has 0 fully saturated rings. The predicted molar refractivity (Wildman–Crippen MR) is 100 cm³/mol. The molecule has 0 aliphatic heterocycles. The Morgan fingerprint density at radius 1 is 1.09 bits per heavy atom. The van der Waals surface area contributed by atoms with Crippen LogP contribution in [-0.4, -0.2) is 57.2 Å². The Labute approximate surface area is 152 Å². The van der Waals surface area contributed by atoms with E-state index in [1.165, 1.54) is 0 Å². The Balaban J connectivity index is 0. The summed E-state index contributed by atoms with van der Waals surface area (Å²) < 4.78 is 5.69. The van der Waals surface area contributed by atoms with Gasteiger partial charge in [0, 0.05) is 25.2 Å². The van der Waals surface area contributed by atoms with Gasteiger partial charge in [-0.05, 0) is 44.4 Å². The van der Waals surface area contributed by atoms with Gasteiger partial charge in [-0.3, -0.25) is 4.79 Å². The average molecular weight is 366 g/mol. The topological polar surface area (TPSA) is 53.6 Å². The minimum Gasteiger partial charge on any atom is -0.492 e. The second kappa shape index (κ2) is 14.6. The number of amides is 1. The lowest BCUT2D eigenvalue weighted by Crippen LogP contribution is -2.30. The summed E-state index contributed by atoms with van der Waals surface area (Å²) in [6.07, 6.45) is 0. The molecule has 0 aliphatic carbocycles. The van der Waals surface area contributed by atoms with Crippen LogP contribution in [0.15, 0.2) is 24.3 Å². The molecule has 1 aromatic rings. The van der Waals surface area contributed by atoms with E-state index in [2.05, 4.69) is 29.4 Å². The van der Waals surface area contributed by atoms with E-state index in [1.54, 1.807) is 12.1 Å². The van der Waals surface area contributed by atoms with Crippen molar-refractivity contribution in [1.82, 2.24) is 15.5 Å². The first-order chi connectivity index (χ1) is 10.2. The molecule has 7 heteroatoms. The number of carbonyl (C=O) groups excluding carboxylic acids is 1. The minimum absolute atomic E-state index is 0. The van der Waals surface area contributed by atoms with Crippen molar-refractivity contribution in [3.8, 4) is 5.75 Å². The largest absolute Gasteiger partial charge is 0.492 e. The molecule has 0 aromatic heterocycles. The summed E-state index contributed by atoms with van der Waals surface area (Å²) in [5.74, 6) is 0.744. The molecule has 0 saturated heterocycles. The number of carbonyl (C=O) groups is 1. The number of rotatable bonds is 10. The third-order valence-corrected chi connectivity index (χ3v) is 3.35. The fraction of sp³-hybridized carbons (Fsp3) is 0.562. The predicted octanol–water partition coefficient (Wildman–Crippen LogP) is 2.20. The number of likely N-dealkylation sites (N-methyl/N-ethyl adjacent to an activating group) is 2. The summed E-state index contributed by atoms with van der Waals surface area (Å²) in [6.45, 7) is 9.32. The molecule has 2 N–H and O–H groups in total. The molecule has 5 nitrogen and oxygen atoms in total. The van der Waals surface area contributed by atoms with E-state index < -0.39 is 0 Å². The van der Waals surface area contributed by atoms with Crippen molar-refractivity contribution >= 4 is 30.7 Å². The van der Waals surface area contributed by atoms with E-state index >= 15 is 0 Å². The van der Waals surface area contributed by atoms with Gasteiger partial charge in [0.25, 0.3) is 5.91 Å². The van der Waals surface area contributed by atoms with Crippen LogP contribution < -0.4 is 15.4 Å². The SMILES string of the molecule is CCN(CC)CCOc1ccc(C(=O)NCCNC)cc1.Cl.Cl. The summed E-state index contributed by atoms with van der Waals surface area (Å²) in [7, 11) is 1.86.